The predicted molar refractivity (Wildman–Crippen MR) is 66.3 cm³/mol. The van der Waals surface area contributed by atoms with Crippen molar-refractivity contribution in [2.75, 3.05) is 19.8 Å². The average Bonchev–Trinajstić information content (AvgIpc) is 2.89. The number of alkyl halides is 1. The highest BCUT2D eigenvalue weighted by atomic mass is 79.9. The highest BCUT2D eigenvalue weighted by Gasteiger charge is 3.10. The lowest BCUT2D eigenvalue weighted by molar-refractivity contribution is -0.422. The molecule has 7 aliphatic rings. The molecule has 2 bridgehead atoms. The molecule has 7 rings (SSSR count). The van der Waals surface area contributed by atoms with E-state index in [0.29, 0.717) is 55.3 Å². The van der Waals surface area contributed by atoms with Crippen molar-refractivity contribution in [2.45, 2.75) is 17.0 Å². The quantitative estimate of drug-likeness (QED) is 0.564. The Hall–Kier alpha value is -0.130. The van der Waals surface area contributed by atoms with Gasteiger partial charge >= 0.3 is 5.97 Å². The van der Waals surface area contributed by atoms with Crippen LogP contribution in [0, 0.1) is 40.9 Å². The summed E-state index contributed by atoms with van der Waals surface area (Å²) in [4.78, 5) is 12.4. The highest BCUT2D eigenvalue weighted by molar-refractivity contribution is 9.10. The fourth-order valence-electron chi connectivity index (χ4n) is 7.28. The van der Waals surface area contributed by atoms with E-state index in [0.717, 1.165) is 0 Å². The van der Waals surface area contributed by atoms with Crippen LogP contribution in [0.4, 0.5) is 0 Å². The molecule has 8 atom stereocenters. The molecular weight excluding hydrogens is 312 g/mol. The Kier molecular flexibility index (Phi) is 1.41. The van der Waals surface area contributed by atoms with Gasteiger partial charge in [0, 0.05) is 5.92 Å². The smallest absolute Gasteiger partial charge is 0.312 e. The van der Waals surface area contributed by atoms with E-state index in [1.54, 1.807) is 0 Å². The summed E-state index contributed by atoms with van der Waals surface area (Å²) in [6.45, 7) is 3.77. The monoisotopic (exact) mass is 326 g/mol. The van der Waals surface area contributed by atoms with E-state index in [1.807, 2.05) is 6.92 Å². The lowest BCUT2D eigenvalue weighted by Gasteiger charge is -2.89. The normalized spacial score (nSPS) is 66.8. The predicted octanol–water partition coefficient (Wildman–Crippen LogP) is 1.18. The molecule has 6 saturated carbocycles. The van der Waals surface area contributed by atoms with Crippen LogP contribution >= 0.6 is 15.9 Å². The third-order valence-electron chi connectivity index (χ3n) is 7.26. The van der Waals surface area contributed by atoms with Gasteiger partial charge in [-0.3, -0.25) is 4.79 Å². The summed E-state index contributed by atoms with van der Waals surface area (Å²) in [6, 6.07) is 0. The van der Waals surface area contributed by atoms with Crippen molar-refractivity contribution >= 4 is 21.9 Å². The molecular formula is C14H15BrO4. The molecule has 0 aromatic carbocycles. The first-order valence-electron chi connectivity index (χ1n) is 7.31. The first kappa shape index (κ1) is 10.6. The fourth-order valence-corrected chi connectivity index (χ4v) is 8.91. The van der Waals surface area contributed by atoms with E-state index in [-0.39, 0.29) is 15.7 Å². The summed E-state index contributed by atoms with van der Waals surface area (Å²) in [6.07, 6.45) is 0. The van der Waals surface area contributed by atoms with Crippen LogP contribution in [-0.4, -0.2) is 35.9 Å². The fraction of sp³-hybridized carbons (Fsp3) is 0.929. The molecule has 1 heterocycles. The van der Waals surface area contributed by atoms with Crippen LogP contribution in [0.5, 0.6) is 0 Å². The van der Waals surface area contributed by atoms with E-state index in [9.17, 15) is 4.79 Å². The van der Waals surface area contributed by atoms with Crippen LogP contribution in [0.15, 0.2) is 0 Å². The second-order valence-electron chi connectivity index (χ2n) is 6.94. The Balaban J connectivity index is 1.47. The molecule has 1 spiro atoms. The Bertz CT molecular complexity index is 520. The van der Waals surface area contributed by atoms with E-state index < -0.39 is 5.79 Å². The van der Waals surface area contributed by atoms with Crippen molar-refractivity contribution in [2.24, 2.45) is 40.9 Å². The largest absolute Gasteiger partial charge is 0.466 e. The molecule has 0 radical (unpaired) electrons. The first-order valence-corrected chi connectivity index (χ1v) is 8.10. The molecule has 19 heavy (non-hydrogen) atoms. The Labute approximate surface area is 119 Å². The molecule has 5 heteroatoms. The van der Waals surface area contributed by atoms with Crippen molar-refractivity contribution in [3.05, 3.63) is 0 Å². The van der Waals surface area contributed by atoms with Crippen molar-refractivity contribution < 1.29 is 19.0 Å². The highest BCUT2D eigenvalue weighted by Crippen LogP contribution is 3.04. The van der Waals surface area contributed by atoms with Gasteiger partial charge in [0.1, 0.15) is 0 Å². The van der Waals surface area contributed by atoms with Crippen LogP contribution < -0.4 is 0 Å². The van der Waals surface area contributed by atoms with Crippen molar-refractivity contribution in [1.82, 2.24) is 0 Å². The minimum Gasteiger partial charge on any atom is -0.466 e. The SMILES string of the molecule is CCOC(=O)C12C3[C@@H]4[C@H]1C1[C@H]2[C@H]3C4(Br)C12OCCO2. The van der Waals surface area contributed by atoms with Crippen LogP contribution in [0.2, 0.25) is 0 Å². The van der Waals surface area contributed by atoms with Gasteiger partial charge in [-0.05, 0) is 36.5 Å². The van der Waals surface area contributed by atoms with Gasteiger partial charge in [-0.1, -0.05) is 15.9 Å². The summed E-state index contributed by atoms with van der Waals surface area (Å²) >= 11 is 3.98. The van der Waals surface area contributed by atoms with Crippen molar-refractivity contribution in [3.8, 4) is 0 Å². The zero-order valence-electron chi connectivity index (χ0n) is 10.6. The number of carbonyl (C=O) groups is 1. The van der Waals surface area contributed by atoms with E-state index in [4.69, 9.17) is 14.2 Å². The lowest BCUT2D eigenvalue weighted by Crippen LogP contribution is -2.94. The van der Waals surface area contributed by atoms with E-state index in [1.165, 1.54) is 0 Å². The minimum absolute atomic E-state index is 0.00934. The number of carbonyl (C=O) groups excluding carboxylic acids is 1. The Morgan fingerprint density at radius 1 is 1.16 bits per heavy atom. The Morgan fingerprint density at radius 2 is 1.74 bits per heavy atom. The number of hydrogen-bond donors (Lipinski definition) is 0. The third kappa shape index (κ3) is 0.596. The molecule has 0 aromatic heterocycles. The van der Waals surface area contributed by atoms with Crippen molar-refractivity contribution in [1.29, 1.82) is 0 Å². The summed E-state index contributed by atoms with van der Waals surface area (Å²) in [5.41, 5.74) is -0.133. The maximum absolute atomic E-state index is 12.4. The van der Waals surface area contributed by atoms with E-state index in [2.05, 4.69) is 15.9 Å². The molecule has 6 aliphatic carbocycles. The van der Waals surface area contributed by atoms with Gasteiger partial charge in [0.05, 0.1) is 29.6 Å². The van der Waals surface area contributed by atoms with Gasteiger partial charge < -0.3 is 14.2 Å². The zero-order chi connectivity index (χ0) is 12.8. The maximum Gasteiger partial charge on any atom is 0.312 e. The molecule has 7 fully saturated rings. The zero-order valence-corrected chi connectivity index (χ0v) is 12.2. The van der Waals surface area contributed by atoms with Gasteiger partial charge in [0.2, 0.25) is 0 Å². The standard InChI is InChI=1S/C14H15BrO4/c1-2-17-11(16)12-5-8-6(12)10-7(12)9(5)13(8,15)14(10)18-3-4-19-14/h5-10H,2-4H2,1H3/t5?,6-,7+,8+,9-,10?,12?,13?. The second kappa shape index (κ2) is 2.53. The van der Waals surface area contributed by atoms with Crippen LogP contribution in [0.25, 0.3) is 0 Å². The molecule has 1 aliphatic heterocycles. The molecule has 4 nitrogen and oxygen atoms in total. The summed E-state index contributed by atoms with van der Waals surface area (Å²) in [5, 5.41) is 0. The molecule has 4 unspecified atom stereocenters. The molecule has 0 aromatic rings. The maximum atomic E-state index is 12.4. The third-order valence-corrected chi connectivity index (χ3v) is 8.87. The topological polar surface area (TPSA) is 44.8 Å². The van der Waals surface area contributed by atoms with Gasteiger partial charge in [-0.15, -0.1) is 0 Å². The van der Waals surface area contributed by atoms with Crippen LogP contribution in [0.3, 0.4) is 0 Å². The number of rotatable bonds is 2. The number of halogens is 1. The summed E-state index contributed by atoms with van der Waals surface area (Å²) in [7, 11) is 0. The van der Waals surface area contributed by atoms with Gasteiger partial charge in [-0.2, -0.15) is 0 Å². The minimum atomic E-state index is -0.416. The number of esters is 1. The molecule has 102 valence electrons. The summed E-state index contributed by atoms with van der Waals surface area (Å²) in [5.74, 6) is 2.67. The van der Waals surface area contributed by atoms with Gasteiger partial charge in [0.15, 0.2) is 5.79 Å². The summed E-state index contributed by atoms with van der Waals surface area (Å²) < 4.78 is 17.5. The molecule has 1 saturated heterocycles. The molecule has 0 N–H and O–H groups in total. The van der Waals surface area contributed by atoms with Gasteiger partial charge in [0.25, 0.3) is 0 Å². The van der Waals surface area contributed by atoms with Crippen LogP contribution in [0.1, 0.15) is 6.92 Å². The second-order valence-corrected chi connectivity index (χ2v) is 8.25. The average molecular weight is 327 g/mol. The molecule has 0 amide bonds. The number of hydrogen-bond acceptors (Lipinski definition) is 4. The number of ether oxygens (including phenoxy) is 3. The van der Waals surface area contributed by atoms with E-state index >= 15 is 0 Å². The van der Waals surface area contributed by atoms with Gasteiger partial charge in [-0.25, -0.2) is 0 Å². The van der Waals surface area contributed by atoms with Crippen molar-refractivity contribution in [3.63, 3.8) is 0 Å². The first-order chi connectivity index (χ1) is 9.17. The van der Waals surface area contributed by atoms with Crippen LogP contribution in [-0.2, 0) is 19.0 Å². The lowest BCUT2D eigenvalue weighted by atomic mass is 9.13. The Morgan fingerprint density at radius 3 is 2.32 bits per heavy atom.